The van der Waals surface area contributed by atoms with Crippen LogP contribution in [-0.2, 0) is 14.4 Å². The molecule has 0 aromatic heterocycles. The molecule has 2 heterocycles. The second-order valence-corrected chi connectivity index (χ2v) is 7.65. The first-order valence-electron chi connectivity index (χ1n) is 9.15. The molecule has 6 nitrogen and oxygen atoms in total. The van der Waals surface area contributed by atoms with Crippen molar-refractivity contribution in [3.63, 3.8) is 0 Å². The molecule has 2 amide bonds. The SMILES string of the molecule is COc1ccc([C@@H]2[C@@H]3C(=O)N(C(C)C)C(=O)[C@@H]3ON2c2ccc(Cl)cc2)cc1. The van der Waals surface area contributed by atoms with E-state index in [0.717, 1.165) is 17.0 Å². The predicted octanol–water partition coefficient (Wildman–Crippen LogP) is 3.60. The average Bonchev–Trinajstić information content (AvgIpc) is 3.19. The summed E-state index contributed by atoms with van der Waals surface area (Å²) in [5.74, 6) is -0.392. The average molecular weight is 401 g/mol. The van der Waals surface area contributed by atoms with Crippen LogP contribution in [0.1, 0.15) is 25.5 Å². The van der Waals surface area contributed by atoms with Crippen LogP contribution in [0.4, 0.5) is 5.69 Å². The third-order valence-electron chi connectivity index (χ3n) is 5.20. The van der Waals surface area contributed by atoms with E-state index in [1.807, 2.05) is 50.2 Å². The number of ether oxygens (including phenoxy) is 1. The third-order valence-corrected chi connectivity index (χ3v) is 5.46. The Balaban J connectivity index is 1.78. The normalized spacial score (nSPS) is 24.2. The quantitative estimate of drug-likeness (QED) is 0.734. The van der Waals surface area contributed by atoms with Gasteiger partial charge in [-0.05, 0) is 55.8 Å². The van der Waals surface area contributed by atoms with Gasteiger partial charge >= 0.3 is 0 Å². The fourth-order valence-electron chi connectivity index (χ4n) is 3.90. The van der Waals surface area contributed by atoms with E-state index in [4.69, 9.17) is 21.2 Å². The van der Waals surface area contributed by atoms with Gasteiger partial charge in [-0.25, -0.2) is 5.06 Å². The first-order valence-corrected chi connectivity index (χ1v) is 9.52. The molecule has 2 saturated heterocycles. The minimum atomic E-state index is -0.835. The lowest BCUT2D eigenvalue weighted by atomic mass is 9.90. The van der Waals surface area contributed by atoms with Crippen molar-refractivity contribution < 1.29 is 19.2 Å². The topological polar surface area (TPSA) is 59.1 Å². The molecular formula is C21H21ClN2O4. The Morgan fingerprint density at radius 3 is 2.21 bits per heavy atom. The Labute approximate surface area is 168 Å². The van der Waals surface area contributed by atoms with E-state index in [1.54, 1.807) is 24.3 Å². The van der Waals surface area contributed by atoms with E-state index in [2.05, 4.69) is 0 Å². The first-order chi connectivity index (χ1) is 13.4. The summed E-state index contributed by atoms with van der Waals surface area (Å²) in [7, 11) is 1.60. The summed E-state index contributed by atoms with van der Waals surface area (Å²) in [5.41, 5.74) is 1.60. The van der Waals surface area contributed by atoms with Gasteiger partial charge in [-0.1, -0.05) is 23.7 Å². The highest BCUT2D eigenvalue weighted by Gasteiger charge is 2.60. The largest absolute Gasteiger partial charge is 0.497 e. The van der Waals surface area contributed by atoms with Crippen LogP contribution in [-0.4, -0.2) is 36.0 Å². The van der Waals surface area contributed by atoms with Gasteiger partial charge in [0, 0.05) is 11.1 Å². The van der Waals surface area contributed by atoms with Crippen molar-refractivity contribution in [3.8, 4) is 5.75 Å². The molecule has 28 heavy (non-hydrogen) atoms. The number of likely N-dealkylation sites (tertiary alicyclic amines) is 1. The zero-order valence-electron chi connectivity index (χ0n) is 15.8. The number of nitrogens with zero attached hydrogens (tertiary/aromatic N) is 2. The van der Waals surface area contributed by atoms with Crippen molar-refractivity contribution in [3.05, 3.63) is 59.1 Å². The molecule has 146 valence electrons. The zero-order valence-corrected chi connectivity index (χ0v) is 16.6. The number of hydrogen-bond donors (Lipinski definition) is 0. The summed E-state index contributed by atoms with van der Waals surface area (Å²) in [6, 6.07) is 14.0. The van der Waals surface area contributed by atoms with Crippen LogP contribution in [0, 0.1) is 5.92 Å². The van der Waals surface area contributed by atoms with Crippen molar-refractivity contribution >= 4 is 29.1 Å². The van der Waals surface area contributed by atoms with Crippen molar-refractivity contribution in [1.29, 1.82) is 0 Å². The molecule has 2 aliphatic heterocycles. The Hall–Kier alpha value is -2.57. The minimum absolute atomic E-state index is 0.206. The molecule has 0 saturated carbocycles. The van der Waals surface area contributed by atoms with Crippen LogP contribution in [0.3, 0.4) is 0 Å². The number of methoxy groups -OCH3 is 1. The van der Waals surface area contributed by atoms with Crippen molar-refractivity contribution in [2.45, 2.75) is 32.0 Å². The van der Waals surface area contributed by atoms with Gasteiger partial charge in [0.2, 0.25) is 5.91 Å². The maximum Gasteiger partial charge on any atom is 0.262 e. The lowest BCUT2D eigenvalue weighted by molar-refractivity contribution is -0.145. The molecule has 3 atom stereocenters. The molecule has 2 aromatic carbocycles. The van der Waals surface area contributed by atoms with Crippen LogP contribution in [0.2, 0.25) is 5.02 Å². The smallest absolute Gasteiger partial charge is 0.262 e. The minimum Gasteiger partial charge on any atom is -0.497 e. The maximum absolute atomic E-state index is 13.1. The summed E-state index contributed by atoms with van der Waals surface area (Å²) >= 11 is 6.01. The van der Waals surface area contributed by atoms with E-state index in [9.17, 15) is 9.59 Å². The summed E-state index contributed by atoms with van der Waals surface area (Å²) in [4.78, 5) is 33.3. The fraction of sp³-hybridized carbons (Fsp3) is 0.333. The van der Waals surface area contributed by atoms with Gasteiger partial charge in [0.1, 0.15) is 11.7 Å². The van der Waals surface area contributed by atoms with Crippen LogP contribution >= 0.6 is 11.6 Å². The molecule has 0 spiro atoms. The monoisotopic (exact) mass is 400 g/mol. The molecule has 2 aromatic rings. The van der Waals surface area contributed by atoms with Gasteiger partial charge in [-0.2, -0.15) is 0 Å². The van der Waals surface area contributed by atoms with E-state index in [1.165, 1.54) is 4.90 Å². The number of anilines is 1. The Morgan fingerprint density at radius 2 is 1.64 bits per heavy atom. The standard InChI is InChI=1S/C21H21ClN2O4/c1-12(2)23-20(25)17-18(13-4-10-16(27-3)11-5-13)24(28-19(17)21(23)26)15-8-6-14(22)7-9-15/h4-12,17-19H,1-3H3/t17-,18+,19+/m0/s1. The number of hydroxylamine groups is 1. The lowest BCUT2D eigenvalue weighted by Crippen LogP contribution is -2.41. The Bertz CT molecular complexity index is 898. The number of hydrogen-bond acceptors (Lipinski definition) is 5. The number of carbonyl (C=O) groups is 2. The Kier molecular flexibility index (Phi) is 4.77. The highest BCUT2D eigenvalue weighted by molar-refractivity contribution is 6.30. The molecular weight excluding hydrogens is 380 g/mol. The van der Waals surface area contributed by atoms with Gasteiger partial charge in [0.05, 0.1) is 18.8 Å². The summed E-state index contributed by atoms with van der Waals surface area (Å²) in [6.45, 7) is 3.66. The third kappa shape index (κ3) is 2.93. The summed E-state index contributed by atoms with van der Waals surface area (Å²) < 4.78 is 5.24. The van der Waals surface area contributed by atoms with Gasteiger partial charge in [0.25, 0.3) is 5.91 Å². The van der Waals surface area contributed by atoms with E-state index < -0.39 is 18.1 Å². The maximum atomic E-state index is 13.1. The predicted molar refractivity (Wildman–Crippen MR) is 105 cm³/mol. The van der Waals surface area contributed by atoms with Gasteiger partial charge in [-0.15, -0.1) is 0 Å². The van der Waals surface area contributed by atoms with Crippen LogP contribution in [0.15, 0.2) is 48.5 Å². The number of rotatable bonds is 4. The van der Waals surface area contributed by atoms with Gasteiger partial charge in [0.15, 0.2) is 6.10 Å². The zero-order chi connectivity index (χ0) is 20.0. The number of fused-ring (bicyclic) bond motifs is 1. The molecule has 4 rings (SSSR count). The fourth-order valence-corrected chi connectivity index (χ4v) is 4.02. The summed E-state index contributed by atoms with van der Waals surface area (Å²) in [6.07, 6.45) is -0.835. The van der Waals surface area contributed by atoms with E-state index in [0.29, 0.717) is 5.02 Å². The second kappa shape index (κ2) is 7.11. The molecule has 0 radical (unpaired) electrons. The molecule has 7 heteroatoms. The van der Waals surface area contributed by atoms with Gasteiger partial charge < -0.3 is 4.74 Å². The van der Waals surface area contributed by atoms with Gasteiger partial charge in [-0.3, -0.25) is 19.3 Å². The molecule has 2 aliphatic rings. The molecule has 2 fully saturated rings. The Morgan fingerprint density at radius 1 is 1.00 bits per heavy atom. The van der Waals surface area contributed by atoms with Crippen molar-refractivity contribution in [2.24, 2.45) is 5.92 Å². The molecule has 0 unspecified atom stereocenters. The van der Waals surface area contributed by atoms with Crippen LogP contribution in [0.25, 0.3) is 0 Å². The van der Waals surface area contributed by atoms with Crippen molar-refractivity contribution in [1.82, 2.24) is 4.90 Å². The van der Waals surface area contributed by atoms with Crippen LogP contribution in [0.5, 0.6) is 5.75 Å². The van der Waals surface area contributed by atoms with Crippen LogP contribution < -0.4 is 9.80 Å². The number of halogens is 1. The number of imide groups is 1. The molecule has 0 N–H and O–H groups in total. The molecule has 0 aliphatic carbocycles. The van der Waals surface area contributed by atoms with Crippen molar-refractivity contribution in [2.75, 3.05) is 12.2 Å². The second-order valence-electron chi connectivity index (χ2n) is 7.21. The lowest BCUT2D eigenvalue weighted by Gasteiger charge is -2.29. The highest BCUT2D eigenvalue weighted by atomic mass is 35.5. The number of amides is 2. The summed E-state index contributed by atoms with van der Waals surface area (Å²) in [5, 5.41) is 2.25. The molecule has 0 bridgehead atoms. The van der Waals surface area contributed by atoms with E-state index in [-0.39, 0.29) is 17.9 Å². The van der Waals surface area contributed by atoms with E-state index >= 15 is 0 Å². The number of benzene rings is 2. The highest BCUT2D eigenvalue weighted by Crippen LogP contribution is 2.47. The first kappa shape index (κ1) is 18.8. The number of carbonyl (C=O) groups excluding carboxylic acids is 2.